The number of sulfonamides is 1. The Morgan fingerprint density at radius 1 is 1.41 bits per heavy atom. The molecule has 0 atom stereocenters. The molecule has 6 heteroatoms. The second-order valence-electron chi connectivity index (χ2n) is 4.84. The van der Waals surface area contributed by atoms with E-state index in [-0.39, 0.29) is 5.09 Å². The molecular formula is C11H18N2O3S. The highest BCUT2D eigenvalue weighted by Crippen LogP contribution is 2.44. The summed E-state index contributed by atoms with van der Waals surface area (Å²) in [5.41, 5.74) is 0.437. The molecule has 0 amide bonds. The van der Waals surface area contributed by atoms with Crippen molar-refractivity contribution in [2.24, 2.45) is 5.41 Å². The summed E-state index contributed by atoms with van der Waals surface area (Å²) in [5, 5.41) is 3.25. The maximum absolute atomic E-state index is 11.4. The van der Waals surface area contributed by atoms with E-state index in [1.165, 1.54) is 26.0 Å². The molecule has 0 spiro atoms. The average Bonchev–Trinajstić information content (AvgIpc) is 2.82. The number of rotatable bonds is 6. The van der Waals surface area contributed by atoms with Crippen molar-refractivity contribution in [2.75, 3.05) is 13.6 Å². The first kappa shape index (κ1) is 12.6. The minimum atomic E-state index is -3.46. The molecule has 0 radical (unpaired) electrons. The van der Waals surface area contributed by atoms with Crippen molar-refractivity contribution in [3.05, 3.63) is 17.9 Å². The van der Waals surface area contributed by atoms with Crippen molar-refractivity contribution < 1.29 is 12.8 Å². The van der Waals surface area contributed by atoms with Crippen LogP contribution in [0.4, 0.5) is 0 Å². The summed E-state index contributed by atoms with van der Waals surface area (Å²) in [7, 11) is -2.10. The van der Waals surface area contributed by atoms with Crippen molar-refractivity contribution in [1.29, 1.82) is 0 Å². The molecular weight excluding hydrogens is 240 g/mol. The van der Waals surface area contributed by atoms with E-state index in [4.69, 9.17) is 4.42 Å². The molecule has 1 aromatic heterocycles. The van der Waals surface area contributed by atoms with E-state index >= 15 is 0 Å². The molecule has 0 unspecified atom stereocenters. The van der Waals surface area contributed by atoms with Crippen LogP contribution in [0.2, 0.25) is 0 Å². The normalized spacial score (nSPS) is 18.2. The molecule has 2 N–H and O–H groups in total. The Kier molecular flexibility index (Phi) is 3.29. The molecule has 1 heterocycles. The van der Waals surface area contributed by atoms with Gasteiger partial charge in [0.15, 0.2) is 0 Å². The van der Waals surface area contributed by atoms with Crippen LogP contribution in [0.15, 0.2) is 21.6 Å². The predicted octanol–water partition coefficient (Wildman–Crippen LogP) is 1.08. The highest BCUT2D eigenvalue weighted by Gasteiger charge is 2.36. The monoisotopic (exact) mass is 258 g/mol. The third-order valence-corrected chi connectivity index (χ3v) is 4.41. The smallest absolute Gasteiger partial charge is 0.273 e. The highest BCUT2D eigenvalue weighted by atomic mass is 32.2. The molecule has 17 heavy (non-hydrogen) atoms. The lowest BCUT2D eigenvalue weighted by Crippen LogP contribution is -2.21. The zero-order chi connectivity index (χ0) is 12.5. The van der Waals surface area contributed by atoms with Gasteiger partial charge in [-0.1, -0.05) is 6.92 Å². The van der Waals surface area contributed by atoms with Crippen LogP contribution >= 0.6 is 0 Å². The van der Waals surface area contributed by atoms with Crippen molar-refractivity contribution in [2.45, 2.75) is 31.4 Å². The van der Waals surface area contributed by atoms with Gasteiger partial charge in [-0.2, -0.15) is 0 Å². The van der Waals surface area contributed by atoms with Gasteiger partial charge >= 0.3 is 0 Å². The summed E-state index contributed by atoms with van der Waals surface area (Å²) in [6.07, 6.45) is 2.52. The quantitative estimate of drug-likeness (QED) is 0.801. The van der Waals surface area contributed by atoms with Gasteiger partial charge in [0.25, 0.3) is 10.0 Å². The first-order chi connectivity index (χ1) is 7.95. The predicted molar refractivity (Wildman–Crippen MR) is 64.0 cm³/mol. The lowest BCUT2D eigenvalue weighted by atomic mass is 10.1. The Labute approximate surface area is 102 Å². The van der Waals surface area contributed by atoms with E-state index < -0.39 is 10.0 Å². The van der Waals surface area contributed by atoms with Gasteiger partial charge in [0.05, 0.1) is 6.54 Å². The zero-order valence-corrected chi connectivity index (χ0v) is 10.9. The molecule has 1 aliphatic carbocycles. The maximum atomic E-state index is 11.4. The molecule has 0 bridgehead atoms. The standard InChI is InChI=1S/C11H18N2O3S/c1-11(5-6-11)8-13-7-9-3-4-10(16-9)17(14,15)12-2/h3-4,12-13H,5-8H2,1-2H3. The maximum Gasteiger partial charge on any atom is 0.273 e. The van der Waals surface area contributed by atoms with Gasteiger partial charge in [0, 0.05) is 6.54 Å². The third kappa shape index (κ3) is 3.08. The van der Waals surface area contributed by atoms with Gasteiger partial charge < -0.3 is 9.73 Å². The van der Waals surface area contributed by atoms with E-state index in [2.05, 4.69) is 17.0 Å². The SMILES string of the molecule is CNS(=O)(=O)c1ccc(CNCC2(C)CC2)o1. The molecule has 0 aromatic carbocycles. The minimum Gasteiger partial charge on any atom is -0.447 e. The fourth-order valence-corrected chi connectivity index (χ4v) is 2.24. The van der Waals surface area contributed by atoms with Gasteiger partial charge in [-0.25, -0.2) is 13.1 Å². The fourth-order valence-electron chi connectivity index (χ4n) is 1.58. The molecule has 5 nitrogen and oxygen atoms in total. The van der Waals surface area contributed by atoms with E-state index in [1.807, 2.05) is 0 Å². The van der Waals surface area contributed by atoms with Crippen LogP contribution in [-0.2, 0) is 16.6 Å². The highest BCUT2D eigenvalue weighted by molar-refractivity contribution is 7.89. The van der Waals surface area contributed by atoms with Gasteiger partial charge in [0.1, 0.15) is 5.76 Å². The second-order valence-corrected chi connectivity index (χ2v) is 6.66. The summed E-state index contributed by atoms with van der Waals surface area (Å²) >= 11 is 0. The third-order valence-electron chi connectivity index (χ3n) is 3.13. The van der Waals surface area contributed by atoms with E-state index in [1.54, 1.807) is 6.07 Å². The number of nitrogens with one attached hydrogen (secondary N) is 2. The van der Waals surface area contributed by atoms with Crippen LogP contribution in [0.3, 0.4) is 0 Å². The molecule has 2 rings (SSSR count). The molecule has 96 valence electrons. The van der Waals surface area contributed by atoms with Crippen LogP contribution in [0.25, 0.3) is 0 Å². The molecule has 0 aliphatic heterocycles. The van der Waals surface area contributed by atoms with Crippen LogP contribution in [0.1, 0.15) is 25.5 Å². The number of hydrogen-bond acceptors (Lipinski definition) is 4. The van der Waals surface area contributed by atoms with Gasteiger partial charge in [-0.3, -0.25) is 0 Å². The summed E-state index contributed by atoms with van der Waals surface area (Å²) in [5.74, 6) is 0.642. The van der Waals surface area contributed by atoms with Gasteiger partial charge in [0.2, 0.25) is 5.09 Å². The Hall–Kier alpha value is -0.850. The molecule has 0 saturated heterocycles. The van der Waals surface area contributed by atoms with Crippen LogP contribution < -0.4 is 10.0 Å². The Morgan fingerprint density at radius 2 is 2.12 bits per heavy atom. The Balaban J connectivity index is 1.90. The van der Waals surface area contributed by atoms with Crippen molar-refractivity contribution in [3.63, 3.8) is 0 Å². The number of furan rings is 1. The molecule has 1 aliphatic rings. The van der Waals surface area contributed by atoms with E-state index in [0.717, 1.165) is 6.54 Å². The Morgan fingerprint density at radius 3 is 2.71 bits per heavy atom. The first-order valence-corrected chi connectivity index (χ1v) is 7.16. The van der Waals surface area contributed by atoms with Gasteiger partial charge in [-0.15, -0.1) is 0 Å². The van der Waals surface area contributed by atoms with Crippen LogP contribution in [-0.4, -0.2) is 22.0 Å². The lowest BCUT2D eigenvalue weighted by molar-refractivity contribution is 0.390. The molecule has 1 saturated carbocycles. The largest absolute Gasteiger partial charge is 0.447 e. The van der Waals surface area contributed by atoms with E-state index in [9.17, 15) is 8.42 Å². The van der Waals surface area contributed by atoms with Gasteiger partial charge in [-0.05, 0) is 37.4 Å². The number of hydrogen-bond donors (Lipinski definition) is 2. The molecule has 1 fully saturated rings. The van der Waals surface area contributed by atoms with Crippen LogP contribution in [0, 0.1) is 5.41 Å². The topological polar surface area (TPSA) is 71.3 Å². The lowest BCUT2D eigenvalue weighted by Gasteiger charge is -2.08. The Bertz CT molecular complexity index is 489. The summed E-state index contributed by atoms with van der Waals surface area (Å²) < 4.78 is 30.3. The second kappa shape index (κ2) is 4.44. The fraction of sp³-hybridized carbons (Fsp3) is 0.636. The molecule has 1 aromatic rings. The van der Waals surface area contributed by atoms with Crippen LogP contribution in [0.5, 0.6) is 0 Å². The van der Waals surface area contributed by atoms with E-state index in [0.29, 0.717) is 17.7 Å². The van der Waals surface area contributed by atoms with Crippen molar-refractivity contribution in [3.8, 4) is 0 Å². The van der Waals surface area contributed by atoms with Crippen molar-refractivity contribution in [1.82, 2.24) is 10.0 Å². The summed E-state index contributed by atoms with van der Waals surface area (Å²) in [6, 6.07) is 3.16. The summed E-state index contributed by atoms with van der Waals surface area (Å²) in [4.78, 5) is 0. The first-order valence-electron chi connectivity index (χ1n) is 5.68. The minimum absolute atomic E-state index is 0.0329. The summed E-state index contributed by atoms with van der Waals surface area (Å²) in [6.45, 7) is 3.75. The van der Waals surface area contributed by atoms with Crippen molar-refractivity contribution >= 4 is 10.0 Å². The average molecular weight is 258 g/mol. The zero-order valence-electron chi connectivity index (χ0n) is 10.1.